The number of hydrogen-bond acceptors (Lipinski definition) is 4. The number of rotatable bonds is 7. The minimum absolute atomic E-state index is 0.426. The number of carbonyl (C=O) groups is 2. The predicted octanol–water partition coefficient (Wildman–Crippen LogP) is 3.54. The summed E-state index contributed by atoms with van der Waals surface area (Å²) in [5.74, 6) is -3.11. The van der Waals surface area contributed by atoms with Crippen molar-refractivity contribution in [1.82, 2.24) is 0 Å². The molecule has 0 aliphatic heterocycles. The van der Waals surface area contributed by atoms with E-state index in [-0.39, 0.29) is 0 Å². The van der Waals surface area contributed by atoms with Crippen molar-refractivity contribution in [2.75, 3.05) is 5.75 Å². The molecule has 0 heterocycles. The number of aliphatic carboxylic acids is 1. The van der Waals surface area contributed by atoms with Gasteiger partial charge in [0.2, 0.25) is 0 Å². The van der Waals surface area contributed by atoms with E-state index in [0.717, 1.165) is 0 Å². The van der Waals surface area contributed by atoms with Crippen molar-refractivity contribution < 1.29 is 23.1 Å². The Morgan fingerprint density at radius 2 is 1.28 bits per heavy atom. The molecule has 0 spiro atoms. The van der Waals surface area contributed by atoms with Gasteiger partial charge in [-0.1, -0.05) is 47.5 Å². The van der Waals surface area contributed by atoms with Crippen LogP contribution in [0.15, 0.2) is 48.5 Å². The standard InChI is InChI=1S/C17H14Cl2O5S/c18-13-5-1-11(2-6-13)17(12-3-7-14(19)8-4-12)25(23,24)10-15(20)9-16(21)22/h1-8,17H,9-10H2,(H,21,22). The normalized spacial score (nSPS) is 11.5. The molecule has 0 amide bonds. The number of carbonyl (C=O) groups excluding carboxylic acids is 1. The topological polar surface area (TPSA) is 88.5 Å². The number of halogens is 2. The first kappa shape index (κ1) is 19.4. The number of sulfone groups is 1. The molecular weight excluding hydrogens is 387 g/mol. The van der Waals surface area contributed by atoms with Crippen molar-refractivity contribution >= 4 is 44.8 Å². The summed E-state index contributed by atoms with van der Waals surface area (Å²) in [7, 11) is -4.00. The highest BCUT2D eigenvalue weighted by molar-refractivity contribution is 7.92. The van der Waals surface area contributed by atoms with E-state index in [9.17, 15) is 18.0 Å². The Hall–Kier alpha value is -1.89. The minimum atomic E-state index is -4.00. The molecule has 132 valence electrons. The number of benzene rings is 2. The summed E-state index contributed by atoms with van der Waals surface area (Å²) in [6.07, 6.45) is -0.840. The second kappa shape index (κ2) is 7.99. The van der Waals surface area contributed by atoms with Gasteiger partial charge in [-0.25, -0.2) is 8.42 Å². The zero-order chi connectivity index (χ0) is 18.6. The van der Waals surface area contributed by atoms with Crippen LogP contribution in [-0.4, -0.2) is 31.0 Å². The molecule has 8 heteroatoms. The van der Waals surface area contributed by atoms with Crippen molar-refractivity contribution in [2.24, 2.45) is 0 Å². The minimum Gasteiger partial charge on any atom is -0.481 e. The number of hydrogen-bond donors (Lipinski definition) is 1. The van der Waals surface area contributed by atoms with Gasteiger partial charge in [0.1, 0.15) is 17.4 Å². The average molecular weight is 401 g/mol. The Morgan fingerprint density at radius 3 is 1.64 bits per heavy atom. The van der Waals surface area contributed by atoms with Crippen LogP contribution in [0.25, 0.3) is 0 Å². The quantitative estimate of drug-likeness (QED) is 0.717. The first-order valence-electron chi connectivity index (χ1n) is 7.15. The zero-order valence-electron chi connectivity index (χ0n) is 12.9. The monoisotopic (exact) mass is 400 g/mol. The number of Topliss-reactive ketones (excluding diaryl/α,β-unsaturated/α-hetero) is 1. The van der Waals surface area contributed by atoms with Crippen LogP contribution in [-0.2, 0) is 19.4 Å². The molecule has 1 N–H and O–H groups in total. The molecule has 2 rings (SSSR count). The Balaban J connectivity index is 2.46. The molecule has 0 aromatic heterocycles. The SMILES string of the molecule is O=C(O)CC(=O)CS(=O)(=O)C(c1ccc(Cl)cc1)c1ccc(Cl)cc1. The molecule has 0 unspecified atom stereocenters. The van der Waals surface area contributed by atoms with E-state index in [1.54, 1.807) is 48.5 Å². The summed E-state index contributed by atoms with van der Waals surface area (Å²) in [4.78, 5) is 22.4. The highest BCUT2D eigenvalue weighted by Crippen LogP contribution is 2.32. The molecule has 5 nitrogen and oxygen atoms in total. The Kier molecular flexibility index (Phi) is 6.21. The van der Waals surface area contributed by atoms with E-state index < -0.39 is 39.0 Å². The summed E-state index contributed by atoms with van der Waals surface area (Å²) < 4.78 is 25.6. The lowest BCUT2D eigenvalue weighted by molar-refractivity contribution is -0.139. The van der Waals surface area contributed by atoms with Gasteiger partial charge in [-0.05, 0) is 35.4 Å². The van der Waals surface area contributed by atoms with Crippen LogP contribution in [0.5, 0.6) is 0 Å². The molecule has 0 radical (unpaired) electrons. The second-order valence-corrected chi connectivity index (χ2v) is 8.36. The van der Waals surface area contributed by atoms with Gasteiger partial charge >= 0.3 is 5.97 Å². The largest absolute Gasteiger partial charge is 0.481 e. The van der Waals surface area contributed by atoms with Crippen molar-refractivity contribution in [2.45, 2.75) is 11.7 Å². The lowest BCUT2D eigenvalue weighted by Gasteiger charge is -2.18. The van der Waals surface area contributed by atoms with Crippen LogP contribution in [0.3, 0.4) is 0 Å². The lowest BCUT2D eigenvalue weighted by atomic mass is 10.0. The van der Waals surface area contributed by atoms with Gasteiger partial charge in [-0.15, -0.1) is 0 Å². The smallest absolute Gasteiger partial charge is 0.310 e. The molecule has 0 bridgehead atoms. The molecule has 0 aliphatic carbocycles. The van der Waals surface area contributed by atoms with E-state index in [1.165, 1.54) is 0 Å². The van der Waals surface area contributed by atoms with Gasteiger partial charge < -0.3 is 5.11 Å². The van der Waals surface area contributed by atoms with E-state index in [2.05, 4.69) is 0 Å². The molecule has 2 aromatic rings. The predicted molar refractivity (Wildman–Crippen MR) is 95.8 cm³/mol. The molecule has 2 aromatic carbocycles. The summed E-state index contributed by atoms with van der Waals surface area (Å²) in [6, 6.07) is 12.4. The van der Waals surface area contributed by atoms with Crippen LogP contribution in [0.2, 0.25) is 10.0 Å². The summed E-state index contributed by atoms with van der Waals surface area (Å²) in [6.45, 7) is 0. The second-order valence-electron chi connectivity index (χ2n) is 5.40. The number of carboxylic acid groups (broad SMARTS) is 1. The van der Waals surface area contributed by atoms with Crippen molar-refractivity contribution in [1.29, 1.82) is 0 Å². The molecule has 0 atom stereocenters. The van der Waals surface area contributed by atoms with Crippen molar-refractivity contribution in [3.8, 4) is 0 Å². The van der Waals surface area contributed by atoms with Crippen molar-refractivity contribution in [3.63, 3.8) is 0 Å². The molecule has 0 aliphatic rings. The van der Waals surface area contributed by atoms with E-state index in [0.29, 0.717) is 21.2 Å². The highest BCUT2D eigenvalue weighted by Gasteiger charge is 2.31. The molecular formula is C17H14Cl2O5S. The van der Waals surface area contributed by atoms with Gasteiger partial charge in [0.15, 0.2) is 15.6 Å². The first-order valence-corrected chi connectivity index (χ1v) is 9.62. The fourth-order valence-electron chi connectivity index (χ4n) is 2.41. The maximum atomic E-state index is 12.8. The molecule has 0 fully saturated rings. The molecule has 25 heavy (non-hydrogen) atoms. The van der Waals surface area contributed by atoms with Gasteiger partial charge in [-0.3, -0.25) is 9.59 Å². The maximum Gasteiger partial charge on any atom is 0.310 e. The van der Waals surface area contributed by atoms with Gasteiger partial charge in [0.05, 0.1) is 0 Å². The summed E-state index contributed by atoms with van der Waals surface area (Å²) in [5.41, 5.74) is 0.852. The fourth-order valence-corrected chi connectivity index (χ4v) is 4.52. The van der Waals surface area contributed by atoms with E-state index in [1.807, 2.05) is 0 Å². The third kappa shape index (κ3) is 5.29. The zero-order valence-corrected chi connectivity index (χ0v) is 15.2. The average Bonchev–Trinajstić information content (AvgIpc) is 2.49. The maximum absolute atomic E-state index is 12.8. The van der Waals surface area contributed by atoms with Gasteiger partial charge in [0, 0.05) is 10.0 Å². The van der Waals surface area contributed by atoms with Crippen LogP contribution in [0.1, 0.15) is 22.8 Å². The number of ketones is 1. The van der Waals surface area contributed by atoms with Crippen LogP contribution >= 0.6 is 23.2 Å². The van der Waals surface area contributed by atoms with Gasteiger partial charge in [-0.2, -0.15) is 0 Å². The highest BCUT2D eigenvalue weighted by atomic mass is 35.5. The Labute approximate surface area is 155 Å². The number of carboxylic acids is 1. The summed E-state index contributed by atoms with van der Waals surface area (Å²) >= 11 is 11.7. The third-order valence-corrected chi connectivity index (χ3v) is 5.91. The molecule has 0 saturated heterocycles. The third-order valence-electron chi connectivity index (χ3n) is 3.42. The van der Waals surface area contributed by atoms with Gasteiger partial charge in [0.25, 0.3) is 0 Å². The van der Waals surface area contributed by atoms with Crippen LogP contribution in [0.4, 0.5) is 0 Å². The van der Waals surface area contributed by atoms with Crippen molar-refractivity contribution in [3.05, 3.63) is 69.7 Å². The molecule has 0 saturated carbocycles. The van der Waals surface area contributed by atoms with E-state index in [4.69, 9.17) is 28.3 Å². The lowest BCUT2D eigenvalue weighted by Crippen LogP contribution is -2.24. The van der Waals surface area contributed by atoms with E-state index >= 15 is 0 Å². The Morgan fingerprint density at radius 1 is 0.880 bits per heavy atom. The fraction of sp³-hybridized carbons (Fsp3) is 0.176. The van der Waals surface area contributed by atoms with Crippen LogP contribution in [0, 0.1) is 0 Å². The first-order chi connectivity index (χ1) is 11.7. The summed E-state index contributed by atoms with van der Waals surface area (Å²) in [5, 5.41) is 8.43. The Bertz CT molecular complexity index is 829. The van der Waals surface area contributed by atoms with Crippen LogP contribution < -0.4 is 0 Å².